The Kier molecular flexibility index (Phi) is 7.40. The second kappa shape index (κ2) is 8.54. The van der Waals surface area contributed by atoms with E-state index in [1.807, 2.05) is 13.8 Å². The number of hydrogen-bond acceptors (Lipinski definition) is 3. The van der Waals surface area contributed by atoms with Crippen molar-refractivity contribution in [2.24, 2.45) is 10.3 Å². The van der Waals surface area contributed by atoms with Gasteiger partial charge in [0.15, 0.2) is 5.82 Å². The number of pyridine rings is 1. The third kappa shape index (κ3) is 5.73. The molecule has 1 aromatic rings. The molecule has 0 saturated carbocycles. The third-order valence-corrected chi connectivity index (χ3v) is 3.96. The van der Waals surface area contributed by atoms with Gasteiger partial charge in [0, 0.05) is 11.8 Å². The average Bonchev–Trinajstić information content (AvgIpc) is 2.36. The van der Waals surface area contributed by atoms with Gasteiger partial charge < -0.3 is 4.55 Å². The molecule has 0 aliphatic carbocycles. The second-order valence-electron chi connectivity index (χ2n) is 4.68. The quantitative estimate of drug-likeness (QED) is 0.334. The molecule has 0 aliphatic heterocycles. The van der Waals surface area contributed by atoms with E-state index in [1.165, 1.54) is 0 Å². The van der Waals surface area contributed by atoms with E-state index < -0.39 is 23.1 Å². The number of nitrogens with zero attached hydrogens (tertiary/aromatic N) is 2. The summed E-state index contributed by atoms with van der Waals surface area (Å²) >= 11 is 4.12. The predicted octanol–water partition coefficient (Wildman–Crippen LogP) is 3.49. The minimum atomic E-state index is -1.48. The molecule has 0 unspecified atom stereocenters. The monoisotopic (exact) mass is 322 g/mol. The molecule has 3 nitrogen and oxygen atoms in total. The molecule has 112 valence electrons. The summed E-state index contributed by atoms with van der Waals surface area (Å²) in [5, 5.41) is 0. The van der Waals surface area contributed by atoms with Gasteiger partial charge in [0.1, 0.15) is 17.2 Å². The second-order valence-corrected chi connectivity index (χ2v) is 6.21. The van der Waals surface area contributed by atoms with Crippen LogP contribution in [0.3, 0.4) is 0 Å². The number of rotatable bonds is 7. The van der Waals surface area contributed by atoms with Gasteiger partial charge in [-0.15, -0.1) is 11.6 Å². The molecule has 0 fully saturated rings. The van der Waals surface area contributed by atoms with Gasteiger partial charge in [-0.25, -0.2) is 9.37 Å². The van der Waals surface area contributed by atoms with Crippen LogP contribution in [-0.4, -0.2) is 26.9 Å². The molecule has 20 heavy (non-hydrogen) atoms. The van der Waals surface area contributed by atoms with Gasteiger partial charge in [-0.2, -0.15) is 4.39 Å². The number of halogens is 3. The molecule has 1 aromatic heterocycles. The molecule has 0 aliphatic rings. The lowest BCUT2D eigenvalue weighted by Crippen LogP contribution is -2.15. The van der Waals surface area contributed by atoms with Gasteiger partial charge in [0.05, 0.1) is 11.4 Å². The molecule has 0 radical (unpaired) electrons. The molecule has 1 heterocycles. The molecule has 0 spiro atoms. The van der Waals surface area contributed by atoms with Crippen LogP contribution in [0.1, 0.15) is 32.4 Å². The van der Waals surface area contributed by atoms with E-state index >= 15 is 0 Å². The van der Waals surface area contributed by atoms with Crippen molar-refractivity contribution in [3.05, 3.63) is 29.6 Å². The molecule has 7 heteroatoms. The van der Waals surface area contributed by atoms with Crippen molar-refractivity contribution in [1.29, 1.82) is 0 Å². The lowest BCUT2D eigenvalue weighted by molar-refractivity contribution is 0.556. The molecule has 1 rings (SSSR count). The van der Waals surface area contributed by atoms with Crippen LogP contribution < -0.4 is 0 Å². The highest BCUT2D eigenvalue weighted by atomic mass is 35.5. The van der Waals surface area contributed by atoms with Crippen LogP contribution in [0, 0.1) is 17.7 Å². The fourth-order valence-electron chi connectivity index (χ4n) is 1.51. The zero-order valence-corrected chi connectivity index (χ0v) is 13.0. The molecular formula is C13H17ClF2N2OS. The maximum Gasteiger partial charge on any atom is 0.213 e. The van der Waals surface area contributed by atoms with Crippen LogP contribution in [0.5, 0.6) is 0 Å². The molecule has 1 atom stereocenters. The van der Waals surface area contributed by atoms with Crippen molar-refractivity contribution < 1.29 is 13.3 Å². The van der Waals surface area contributed by atoms with Crippen molar-refractivity contribution in [3.8, 4) is 0 Å². The maximum atomic E-state index is 13.7. The zero-order valence-electron chi connectivity index (χ0n) is 11.4. The van der Waals surface area contributed by atoms with E-state index in [2.05, 4.69) is 9.38 Å². The Morgan fingerprint density at radius 1 is 1.45 bits per heavy atom. The van der Waals surface area contributed by atoms with E-state index in [1.54, 1.807) is 0 Å². The first kappa shape index (κ1) is 17.3. The van der Waals surface area contributed by atoms with Gasteiger partial charge >= 0.3 is 0 Å². The lowest BCUT2D eigenvalue weighted by Gasteiger charge is -2.10. The lowest BCUT2D eigenvalue weighted by atomic mass is 10.1. The van der Waals surface area contributed by atoms with Crippen molar-refractivity contribution in [2.45, 2.75) is 26.7 Å². The first-order valence-electron chi connectivity index (χ1n) is 6.28. The van der Waals surface area contributed by atoms with E-state index in [-0.39, 0.29) is 17.3 Å². The van der Waals surface area contributed by atoms with Crippen molar-refractivity contribution >= 4 is 28.7 Å². The zero-order chi connectivity index (χ0) is 15.1. The number of aromatic nitrogens is 1. The van der Waals surface area contributed by atoms with E-state index in [9.17, 15) is 13.3 Å². The summed E-state index contributed by atoms with van der Waals surface area (Å²) in [4.78, 5) is 3.51. The molecule has 0 bridgehead atoms. The normalized spacial score (nSPS) is 13.8. The summed E-state index contributed by atoms with van der Waals surface area (Å²) in [6, 6.07) is 1.92. The van der Waals surface area contributed by atoms with Crippen molar-refractivity contribution in [1.82, 2.24) is 4.98 Å². The van der Waals surface area contributed by atoms with Gasteiger partial charge in [0.2, 0.25) is 5.95 Å². The van der Waals surface area contributed by atoms with Gasteiger partial charge in [-0.1, -0.05) is 18.2 Å². The molecule has 0 amide bonds. The maximum absolute atomic E-state index is 13.7. The van der Waals surface area contributed by atoms with E-state index in [4.69, 9.17) is 11.6 Å². The Labute approximate surface area is 125 Å². The Morgan fingerprint density at radius 3 is 2.75 bits per heavy atom. The highest BCUT2D eigenvalue weighted by molar-refractivity contribution is 7.90. The van der Waals surface area contributed by atoms with Crippen LogP contribution in [-0.2, 0) is 11.4 Å². The summed E-state index contributed by atoms with van der Waals surface area (Å²) < 4.78 is 42.7. The van der Waals surface area contributed by atoms with Gasteiger partial charge in [-0.3, -0.25) is 0 Å². The van der Waals surface area contributed by atoms with Crippen molar-refractivity contribution in [3.63, 3.8) is 0 Å². The molecule has 0 N–H and O–H groups in total. The average molecular weight is 323 g/mol. The van der Waals surface area contributed by atoms with Crippen LogP contribution >= 0.6 is 11.6 Å². The van der Waals surface area contributed by atoms with E-state index in [0.717, 1.165) is 12.1 Å². The first-order valence-corrected chi connectivity index (χ1v) is 8.09. The summed E-state index contributed by atoms with van der Waals surface area (Å²) in [7, 11) is 0. The van der Waals surface area contributed by atoms with E-state index in [0.29, 0.717) is 24.5 Å². The Balaban J connectivity index is 3.04. The van der Waals surface area contributed by atoms with Crippen LogP contribution in [0.2, 0.25) is 0 Å². The largest absolute Gasteiger partial charge is 0.591 e. The summed E-state index contributed by atoms with van der Waals surface area (Å²) in [6.45, 7) is 3.82. The number of hydrogen-bond donors (Lipinski definition) is 0. The standard InChI is InChI=1S/C13H17ClF2N2OS/c1-9(2)8-20(19)18-11(4-3-7-14)13-10(15)5-6-12(16)17-13/h5-6,9H,3-4,7-8H2,1-2H3/b18-11+/t20-/m0/s1. The molecule has 0 saturated heterocycles. The third-order valence-electron chi connectivity index (χ3n) is 2.32. The fourth-order valence-corrected chi connectivity index (χ4v) is 2.71. The molecule has 0 aromatic carbocycles. The van der Waals surface area contributed by atoms with Gasteiger partial charge in [0.25, 0.3) is 0 Å². The van der Waals surface area contributed by atoms with Gasteiger partial charge in [-0.05, 0) is 25.0 Å². The van der Waals surface area contributed by atoms with Crippen LogP contribution in [0.15, 0.2) is 16.5 Å². The number of alkyl halides is 1. The minimum absolute atomic E-state index is 0.188. The molecular weight excluding hydrogens is 306 g/mol. The smallest absolute Gasteiger partial charge is 0.213 e. The Hall–Kier alpha value is -0.720. The highest BCUT2D eigenvalue weighted by Gasteiger charge is 2.18. The predicted molar refractivity (Wildman–Crippen MR) is 78.5 cm³/mol. The fraction of sp³-hybridized carbons (Fsp3) is 0.538. The topological polar surface area (TPSA) is 48.3 Å². The highest BCUT2D eigenvalue weighted by Crippen LogP contribution is 2.14. The minimum Gasteiger partial charge on any atom is -0.591 e. The summed E-state index contributed by atoms with van der Waals surface area (Å²) in [5.74, 6) is -0.566. The van der Waals surface area contributed by atoms with Crippen LogP contribution in [0.4, 0.5) is 8.78 Å². The summed E-state index contributed by atoms with van der Waals surface area (Å²) in [5.41, 5.74) is 0.00820. The Morgan fingerprint density at radius 2 is 2.15 bits per heavy atom. The summed E-state index contributed by atoms with van der Waals surface area (Å²) in [6.07, 6.45) is 0.831. The Bertz CT molecular complexity index is 472. The SMILES string of the molecule is CC(C)C[S@+]([O-])/N=C(\CCCCl)c1nc(F)ccc1F. The van der Waals surface area contributed by atoms with Crippen LogP contribution in [0.25, 0.3) is 0 Å². The van der Waals surface area contributed by atoms with Crippen molar-refractivity contribution in [2.75, 3.05) is 11.6 Å². The first-order chi connectivity index (χ1) is 9.43.